The zero-order valence-corrected chi connectivity index (χ0v) is 17.9. The minimum absolute atomic E-state index is 0.0904. The van der Waals surface area contributed by atoms with Gasteiger partial charge in [-0.3, -0.25) is 4.79 Å². The minimum Gasteiger partial charge on any atom is -0.484 e. The molecule has 2 N–H and O–H groups in total. The highest BCUT2D eigenvalue weighted by atomic mass is 19.4. The summed E-state index contributed by atoms with van der Waals surface area (Å²) in [6.07, 6.45) is -1.93. The second-order valence-corrected chi connectivity index (χ2v) is 9.17. The maximum absolute atomic E-state index is 14.1. The number of amides is 1. The molecule has 2 aliphatic carbocycles. The van der Waals surface area contributed by atoms with Gasteiger partial charge in [0.05, 0.1) is 17.6 Å². The van der Waals surface area contributed by atoms with Crippen LogP contribution in [0.3, 0.4) is 0 Å². The Balaban J connectivity index is 1.51. The molecule has 0 spiro atoms. The van der Waals surface area contributed by atoms with Gasteiger partial charge in [-0.1, -0.05) is 12.1 Å². The summed E-state index contributed by atoms with van der Waals surface area (Å²) in [5.41, 5.74) is -1.36. The van der Waals surface area contributed by atoms with E-state index in [0.29, 0.717) is 24.5 Å². The molecule has 2 fully saturated rings. The molecule has 0 heterocycles. The molecule has 0 radical (unpaired) electrons. The Kier molecular flexibility index (Phi) is 5.88. The molecule has 0 saturated heterocycles. The van der Waals surface area contributed by atoms with E-state index in [9.17, 15) is 31.9 Å². The minimum atomic E-state index is -4.47. The molecule has 2 saturated carbocycles. The van der Waals surface area contributed by atoms with E-state index in [4.69, 9.17) is 4.74 Å². The molecule has 1 unspecified atom stereocenters. The summed E-state index contributed by atoms with van der Waals surface area (Å²) in [5.74, 6) is -1.97. The first-order valence-corrected chi connectivity index (χ1v) is 10.7. The van der Waals surface area contributed by atoms with E-state index in [0.717, 1.165) is 30.5 Å². The van der Waals surface area contributed by atoms with Crippen LogP contribution in [0.1, 0.15) is 61.6 Å². The molecule has 1 atom stereocenters. The summed E-state index contributed by atoms with van der Waals surface area (Å²) >= 11 is 0. The number of aliphatic hydroxyl groups is 1. The quantitative estimate of drug-likeness (QED) is 0.524. The summed E-state index contributed by atoms with van der Waals surface area (Å²) in [7, 11) is 0. The summed E-state index contributed by atoms with van der Waals surface area (Å²) < 4.78 is 70.2. The molecule has 33 heavy (non-hydrogen) atoms. The van der Waals surface area contributed by atoms with E-state index in [1.165, 1.54) is 13.0 Å². The van der Waals surface area contributed by atoms with Gasteiger partial charge in [-0.05, 0) is 67.9 Å². The van der Waals surface area contributed by atoms with Crippen molar-refractivity contribution in [1.82, 2.24) is 5.32 Å². The highest BCUT2D eigenvalue weighted by Gasteiger charge is 2.47. The largest absolute Gasteiger partial charge is 0.484 e. The van der Waals surface area contributed by atoms with Gasteiger partial charge in [0.2, 0.25) is 5.91 Å². The maximum atomic E-state index is 14.1. The lowest BCUT2D eigenvalue weighted by Gasteiger charge is -2.26. The Morgan fingerprint density at radius 2 is 1.85 bits per heavy atom. The van der Waals surface area contributed by atoms with Crippen molar-refractivity contribution in [3.8, 4) is 5.75 Å². The van der Waals surface area contributed by atoms with Gasteiger partial charge in [0, 0.05) is 11.6 Å². The lowest BCUT2D eigenvalue weighted by atomic mass is 9.91. The van der Waals surface area contributed by atoms with E-state index in [1.807, 2.05) is 6.07 Å². The number of ether oxygens (including phenoxy) is 1. The summed E-state index contributed by atoms with van der Waals surface area (Å²) in [4.78, 5) is 12.8. The van der Waals surface area contributed by atoms with Gasteiger partial charge in [0.1, 0.15) is 17.4 Å². The Labute approximate surface area is 187 Å². The maximum Gasteiger partial charge on any atom is 0.422 e. The Morgan fingerprint density at radius 3 is 2.42 bits per heavy atom. The second-order valence-electron chi connectivity index (χ2n) is 9.17. The number of hydrogen-bond donors (Lipinski definition) is 2. The molecule has 2 aromatic rings. The van der Waals surface area contributed by atoms with Crippen LogP contribution in [-0.4, -0.2) is 23.8 Å². The average Bonchev–Trinajstić information content (AvgIpc) is 3.59. The van der Waals surface area contributed by atoms with Crippen molar-refractivity contribution in [2.24, 2.45) is 0 Å². The highest BCUT2D eigenvalue weighted by molar-refractivity contribution is 5.79. The first-order valence-electron chi connectivity index (χ1n) is 10.7. The van der Waals surface area contributed by atoms with Crippen molar-refractivity contribution >= 4 is 5.91 Å². The molecule has 2 aromatic carbocycles. The number of carbonyl (C=O) groups excluding carboxylic acids is 1. The highest BCUT2D eigenvalue weighted by Crippen LogP contribution is 2.49. The number of benzene rings is 2. The molecular weight excluding hydrogens is 445 g/mol. The van der Waals surface area contributed by atoms with Crippen molar-refractivity contribution in [2.45, 2.75) is 62.3 Å². The lowest BCUT2D eigenvalue weighted by Crippen LogP contribution is -2.39. The predicted molar refractivity (Wildman–Crippen MR) is 110 cm³/mol. The summed E-state index contributed by atoms with van der Waals surface area (Å²) in [6.45, 7) is -0.148. The third-order valence-corrected chi connectivity index (χ3v) is 6.08. The van der Waals surface area contributed by atoms with Gasteiger partial charge in [-0.15, -0.1) is 0 Å². The Morgan fingerprint density at radius 1 is 1.15 bits per heavy atom. The third-order valence-electron chi connectivity index (χ3n) is 6.08. The standard InChI is InChI=1S/C24H24F5NO3/c1-22(32,19-5-4-17(25)11-20(19)26)12-21(31)30-23(6-7-23)16-8-15(14-2-3-14)9-18(10-16)33-13-24(27,28)29/h4-5,8-11,14,32H,2-3,6-7,12-13H2,1H3,(H,30,31). The van der Waals surface area contributed by atoms with Crippen LogP contribution in [0.2, 0.25) is 0 Å². The first-order chi connectivity index (χ1) is 15.4. The molecule has 0 aromatic heterocycles. The number of alkyl halides is 3. The van der Waals surface area contributed by atoms with Crippen molar-refractivity contribution in [3.63, 3.8) is 0 Å². The topological polar surface area (TPSA) is 58.6 Å². The van der Waals surface area contributed by atoms with Gasteiger partial charge in [-0.25, -0.2) is 8.78 Å². The Bertz CT molecular complexity index is 1060. The van der Waals surface area contributed by atoms with Gasteiger partial charge in [0.15, 0.2) is 6.61 Å². The van der Waals surface area contributed by atoms with Crippen LogP contribution in [0.15, 0.2) is 36.4 Å². The SMILES string of the molecule is CC(O)(CC(=O)NC1(c2cc(OCC(F)(F)F)cc(C3CC3)c2)CC1)c1ccc(F)cc1F. The van der Waals surface area contributed by atoms with Crippen molar-refractivity contribution < 1.29 is 36.6 Å². The van der Waals surface area contributed by atoms with Crippen LogP contribution < -0.4 is 10.1 Å². The number of carbonyl (C=O) groups is 1. The molecule has 1 amide bonds. The van der Waals surface area contributed by atoms with Crippen LogP contribution >= 0.6 is 0 Å². The number of nitrogens with one attached hydrogen (secondary N) is 1. The van der Waals surface area contributed by atoms with Crippen molar-refractivity contribution in [2.75, 3.05) is 6.61 Å². The molecule has 2 aliphatic rings. The van der Waals surface area contributed by atoms with E-state index >= 15 is 0 Å². The van der Waals surface area contributed by atoms with E-state index in [2.05, 4.69) is 5.32 Å². The van der Waals surface area contributed by atoms with E-state index in [1.54, 1.807) is 6.07 Å². The monoisotopic (exact) mass is 469 g/mol. The van der Waals surface area contributed by atoms with Gasteiger partial charge < -0.3 is 15.2 Å². The molecule has 0 bridgehead atoms. The van der Waals surface area contributed by atoms with Crippen molar-refractivity contribution in [1.29, 1.82) is 0 Å². The second kappa shape index (κ2) is 8.27. The van der Waals surface area contributed by atoms with Gasteiger partial charge in [-0.2, -0.15) is 13.2 Å². The van der Waals surface area contributed by atoms with Crippen molar-refractivity contribution in [3.05, 3.63) is 64.7 Å². The molecular formula is C24H24F5NO3. The smallest absolute Gasteiger partial charge is 0.422 e. The number of rotatable bonds is 8. The molecule has 4 nitrogen and oxygen atoms in total. The van der Waals surface area contributed by atoms with Gasteiger partial charge >= 0.3 is 6.18 Å². The summed E-state index contributed by atoms with van der Waals surface area (Å²) in [6, 6.07) is 7.71. The molecule has 178 valence electrons. The molecule has 0 aliphatic heterocycles. The van der Waals surface area contributed by atoms with E-state index in [-0.39, 0.29) is 17.2 Å². The van der Waals surface area contributed by atoms with Crippen LogP contribution in [0.5, 0.6) is 5.75 Å². The van der Waals surface area contributed by atoms with Gasteiger partial charge in [0.25, 0.3) is 0 Å². The van der Waals surface area contributed by atoms with Crippen LogP contribution in [-0.2, 0) is 15.9 Å². The fourth-order valence-electron chi connectivity index (χ4n) is 4.06. The number of halogens is 5. The third kappa shape index (κ3) is 5.63. The van der Waals surface area contributed by atoms with Crippen LogP contribution in [0.25, 0.3) is 0 Å². The van der Waals surface area contributed by atoms with Crippen LogP contribution in [0, 0.1) is 11.6 Å². The fraction of sp³-hybridized carbons (Fsp3) is 0.458. The Hall–Kier alpha value is -2.68. The average molecular weight is 469 g/mol. The predicted octanol–water partition coefficient (Wildman–Crippen LogP) is 5.19. The zero-order chi connectivity index (χ0) is 24.0. The zero-order valence-electron chi connectivity index (χ0n) is 17.9. The number of hydrogen-bond acceptors (Lipinski definition) is 3. The molecule has 9 heteroatoms. The normalized spacial score (nSPS) is 19.0. The lowest BCUT2D eigenvalue weighted by molar-refractivity contribution is -0.153. The summed E-state index contributed by atoms with van der Waals surface area (Å²) in [5, 5.41) is 13.5. The van der Waals surface area contributed by atoms with E-state index < -0.39 is 47.9 Å². The molecule has 4 rings (SSSR count). The first kappa shape index (κ1) is 23.5. The van der Waals surface area contributed by atoms with Crippen LogP contribution in [0.4, 0.5) is 22.0 Å². The fourth-order valence-corrected chi connectivity index (χ4v) is 4.06.